The fourth-order valence-corrected chi connectivity index (χ4v) is 4.71. The van der Waals surface area contributed by atoms with Gasteiger partial charge in [-0.2, -0.15) is 0 Å². The molecule has 0 atom stereocenters. The standard InChI is InChI=1S/C22H27ClN4O4S/c1-2-14-32(30,31)25-19-5-3-4-17(15-19)22(29)24-16-21(28)27-12-10-26(11-13-27)20-8-6-18(23)7-9-20/h3-9,15,25H,2,10-14,16H2,1H3,(H,24,29). The quantitative estimate of drug-likeness (QED) is 0.607. The van der Waals surface area contributed by atoms with Gasteiger partial charge in [-0.3, -0.25) is 14.3 Å². The Bertz CT molecular complexity index is 1050. The van der Waals surface area contributed by atoms with Gasteiger partial charge in [-0.15, -0.1) is 0 Å². The Hall–Kier alpha value is -2.78. The van der Waals surface area contributed by atoms with Crippen LogP contribution in [0.2, 0.25) is 5.02 Å². The molecule has 0 radical (unpaired) electrons. The summed E-state index contributed by atoms with van der Waals surface area (Å²) in [4.78, 5) is 28.9. The predicted molar refractivity (Wildman–Crippen MR) is 127 cm³/mol. The molecular weight excluding hydrogens is 452 g/mol. The molecule has 0 spiro atoms. The van der Waals surface area contributed by atoms with Crippen molar-refractivity contribution < 1.29 is 18.0 Å². The van der Waals surface area contributed by atoms with Gasteiger partial charge in [0.15, 0.2) is 0 Å². The van der Waals surface area contributed by atoms with Crippen molar-refractivity contribution in [2.45, 2.75) is 13.3 Å². The van der Waals surface area contributed by atoms with Gasteiger partial charge in [-0.1, -0.05) is 24.6 Å². The van der Waals surface area contributed by atoms with E-state index in [9.17, 15) is 18.0 Å². The Balaban J connectivity index is 1.49. The number of nitrogens with zero attached hydrogens (tertiary/aromatic N) is 2. The van der Waals surface area contributed by atoms with Gasteiger partial charge in [0, 0.05) is 48.1 Å². The van der Waals surface area contributed by atoms with Crippen LogP contribution in [0.25, 0.3) is 0 Å². The first kappa shape index (κ1) is 23.9. The van der Waals surface area contributed by atoms with Crippen LogP contribution in [-0.2, 0) is 14.8 Å². The molecule has 172 valence electrons. The van der Waals surface area contributed by atoms with Crippen molar-refractivity contribution in [2.24, 2.45) is 0 Å². The zero-order valence-electron chi connectivity index (χ0n) is 17.9. The van der Waals surface area contributed by atoms with Crippen LogP contribution >= 0.6 is 11.6 Å². The molecule has 0 aliphatic carbocycles. The lowest BCUT2D eigenvalue weighted by Gasteiger charge is -2.36. The molecular formula is C22H27ClN4O4S. The van der Waals surface area contributed by atoms with Crippen molar-refractivity contribution in [3.63, 3.8) is 0 Å². The number of rotatable bonds is 8. The first-order valence-corrected chi connectivity index (χ1v) is 12.5. The molecule has 10 heteroatoms. The second kappa shape index (κ2) is 10.7. The summed E-state index contributed by atoms with van der Waals surface area (Å²) in [7, 11) is -3.45. The van der Waals surface area contributed by atoms with E-state index in [-0.39, 0.29) is 23.8 Å². The molecule has 2 amide bonds. The third kappa shape index (κ3) is 6.61. The zero-order valence-corrected chi connectivity index (χ0v) is 19.5. The number of hydrogen-bond donors (Lipinski definition) is 2. The van der Waals surface area contributed by atoms with E-state index in [1.165, 1.54) is 6.07 Å². The number of hydrogen-bond acceptors (Lipinski definition) is 5. The molecule has 0 aromatic heterocycles. The van der Waals surface area contributed by atoms with Crippen LogP contribution < -0.4 is 14.9 Å². The normalized spacial score (nSPS) is 14.2. The smallest absolute Gasteiger partial charge is 0.251 e. The number of piperazine rings is 1. The minimum Gasteiger partial charge on any atom is -0.368 e. The topological polar surface area (TPSA) is 98.8 Å². The largest absolute Gasteiger partial charge is 0.368 e. The number of benzene rings is 2. The monoisotopic (exact) mass is 478 g/mol. The lowest BCUT2D eigenvalue weighted by molar-refractivity contribution is -0.130. The van der Waals surface area contributed by atoms with Crippen LogP contribution in [0.1, 0.15) is 23.7 Å². The van der Waals surface area contributed by atoms with Crippen molar-refractivity contribution >= 4 is 44.8 Å². The van der Waals surface area contributed by atoms with Gasteiger partial charge in [0.2, 0.25) is 15.9 Å². The van der Waals surface area contributed by atoms with Gasteiger partial charge in [0.25, 0.3) is 5.91 Å². The summed E-state index contributed by atoms with van der Waals surface area (Å²) in [5.74, 6) is -0.591. The molecule has 1 saturated heterocycles. The fraction of sp³-hybridized carbons (Fsp3) is 0.364. The highest BCUT2D eigenvalue weighted by atomic mass is 35.5. The van der Waals surface area contributed by atoms with Crippen molar-refractivity contribution in [3.05, 3.63) is 59.1 Å². The van der Waals surface area contributed by atoms with E-state index in [2.05, 4.69) is 14.9 Å². The van der Waals surface area contributed by atoms with Gasteiger partial charge < -0.3 is 15.1 Å². The van der Waals surface area contributed by atoms with Crippen LogP contribution in [0, 0.1) is 0 Å². The van der Waals surface area contributed by atoms with E-state index in [1.54, 1.807) is 30.0 Å². The Labute approximate surface area is 193 Å². The highest BCUT2D eigenvalue weighted by Crippen LogP contribution is 2.19. The van der Waals surface area contributed by atoms with E-state index in [1.807, 2.05) is 24.3 Å². The molecule has 2 aromatic carbocycles. The van der Waals surface area contributed by atoms with Gasteiger partial charge in [-0.25, -0.2) is 8.42 Å². The number of carbonyl (C=O) groups excluding carboxylic acids is 2. The maximum absolute atomic E-state index is 12.5. The Morgan fingerprint density at radius 3 is 2.38 bits per heavy atom. The van der Waals surface area contributed by atoms with Crippen LogP contribution in [0.3, 0.4) is 0 Å². The summed E-state index contributed by atoms with van der Waals surface area (Å²) in [6.07, 6.45) is 0.492. The molecule has 1 fully saturated rings. The molecule has 32 heavy (non-hydrogen) atoms. The van der Waals surface area contributed by atoms with Crippen LogP contribution in [0.5, 0.6) is 0 Å². The van der Waals surface area contributed by atoms with E-state index < -0.39 is 15.9 Å². The second-order valence-electron chi connectivity index (χ2n) is 7.53. The molecule has 8 nitrogen and oxygen atoms in total. The highest BCUT2D eigenvalue weighted by Gasteiger charge is 2.22. The van der Waals surface area contributed by atoms with E-state index in [4.69, 9.17) is 11.6 Å². The number of halogens is 1. The van der Waals surface area contributed by atoms with Crippen LogP contribution in [-0.4, -0.2) is 63.6 Å². The highest BCUT2D eigenvalue weighted by molar-refractivity contribution is 7.92. The van der Waals surface area contributed by atoms with E-state index in [0.717, 1.165) is 5.69 Å². The third-order valence-corrected chi connectivity index (χ3v) is 6.84. The summed E-state index contributed by atoms with van der Waals surface area (Å²) in [6.45, 7) is 4.17. The van der Waals surface area contributed by atoms with Crippen molar-refractivity contribution in [1.82, 2.24) is 10.2 Å². The third-order valence-electron chi connectivity index (χ3n) is 5.10. The summed E-state index contributed by atoms with van der Waals surface area (Å²) < 4.78 is 26.3. The fourth-order valence-electron chi connectivity index (χ4n) is 3.46. The zero-order chi connectivity index (χ0) is 23.1. The van der Waals surface area contributed by atoms with Crippen molar-refractivity contribution in [3.8, 4) is 0 Å². The minimum atomic E-state index is -3.45. The number of amides is 2. The average Bonchev–Trinajstić information content (AvgIpc) is 2.77. The first-order valence-electron chi connectivity index (χ1n) is 10.4. The average molecular weight is 479 g/mol. The summed E-state index contributed by atoms with van der Waals surface area (Å²) in [6, 6.07) is 13.8. The number of anilines is 2. The molecule has 1 heterocycles. The lowest BCUT2D eigenvalue weighted by Crippen LogP contribution is -2.51. The number of carbonyl (C=O) groups is 2. The lowest BCUT2D eigenvalue weighted by atomic mass is 10.2. The van der Waals surface area contributed by atoms with Crippen molar-refractivity contribution in [1.29, 1.82) is 0 Å². The Morgan fingerprint density at radius 2 is 1.72 bits per heavy atom. The molecule has 0 saturated carbocycles. The number of nitrogens with one attached hydrogen (secondary N) is 2. The Morgan fingerprint density at radius 1 is 1.03 bits per heavy atom. The van der Waals surface area contributed by atoms with Crippen LogP contribution in [0.4, 0.5) is 11.4 Å². The number of sulfonamides is 1. The molecule has 1 aliphatic rings. The minimum absolute atomic E-state index is 0.00318. The van der Waals surface area contributed by atoms with Gasteiger partial charge in [0.05, 0.1) is 12.3 Å². The van der Waals surface area contributed by atoms with Crippen LogP contribution in [0.15, 0.2) is 48.5 Å². The van der Waals surface area contributed by atoms with E-state index in [0.29, 0.717) is 43.3 Å². The maximum atomic E-state index is 12.5. The van der Waals surface area contributed by atoms with Gasteiger partial charge >= 0.3 is 0 Å². The van der Waals surface area contributed by atoms with Gasteiger partial charge in [-0.05, 0) is 48.9 Å². The maximum Gasteiger partial charge on any atom is 0.251 e. The first-order chi connectivity index (χ1) is 15.3. The van der Waals surface area contributed by atoms with Gasteiger partial charge in [0.1, 0.15) is 0 Å². The predicted octanol–water partition coefficient (Wildman–Crippen LogP) is 2.57. The molecule has 1 aliphatic heterocycles. The molecule has 2 N–H and O–H groups in total. The summed E-state index contributed by atoms with van der Waals surface area (Å²) in [5, 5.41) is 3.31. The summed E-state index contributed by atoms with van der Waals surface area (Å²) >= 11 is 5.93. The Kier molecular flexibility index (Phi) is 7.98. The molecule has 0 bridgehead atoms. The molecule has 0 unspecified atom stereocenters. The van der Waals surface area contributed by atoms with Crippen molar-refractivity contribution in [2.75, 3.05) is 48.1 Å². The SMILES string of the molecule is CCCS(=O)(=O)Nc1cccc(C(=O)NCC(=O)N2CCN(c3ccc(Cl)cc3)CC2)c1. The molecule has 2 aromatic rings. The molecule has 3 rings (SSSR count). The summed E-state index contributed by atoms with van der Waals surface area (Å²) in [5.41, 5.74) is 1.65. The van der Waals surface area contributed by atoms with E-state index >= 15 is 0 Å². The second-order valence-corrected chi connectivity index (χ2v) is 9.81.